The molecule has 3 N–H and O–H groups in total. The van der Waals surface area contributed by atoms with E-state index in [2.05, 4.69) is 19.6 Å². The third kappa shape index (κ3) is 1.16. The van der Waals surface area contributed by atoms with Crippen LogP contribution in [0.1, 0.15) is 33.1 Å². The molecule has 5 nitrogen and oxygen atoms in total. The minimum atomic E-state index is -3.43. The van der Waals surface area contributed by atoms with Gasteiger partial charge in [0.2, 0.25) is 10.0 Å². The second-order valence-electron chi connectivity index (χ2n) is 6.56. The molecule has 3 unspecified atom stereocenters. The topological polar surface area (TPSA) is 82.1 Å². The highest BCUT2D eigenvalue weighted by Gasteiger charge is 2.72. The van der Waals surface area contributed by atoms with Gasteiger partial charge >= 0.3 is 0 Å². The van der Waals surface area contributed by atoms with E-state index in [-0.39, 0.29) is 35.1 Å². The number of carbonyl (C=O) groups excluding carboxylic acids is 1. The van der Waals surface area contributed by atoms with Gasteiger partial charge in [-0.1, -0.05) is 13.8 Å². The SMILES string of the molecule is CC1(C)C2CCC13CS(=O)(=O)N(C(=O)C[NH3+])C3C2. The smallest absolute Gasteiger partial charge is 0.291 e. The Labute approximate surface area is 108 Å². The molecule has 2 bridgehead atoms. The number of hydrogen-bond acceptors (Lipinski definition) is 3. The van der Waals surface area contributed by atoms with Crippen LogP contribution in [-0.2, 0) is 14.8 Å². The molecule has 1 saturated heterocycles. The highest BCUT2D eigenvalue weighted by molar-refractivity contribution is 7.90. The third-order valence-corrected chi connectivity index (χ3v) is 7.81. The highest BCUT2D eigenvalue weighted by atomic mass is 32.2. The first-order valence-corrected chi connectivity index (χ1v) is 8.21. The Morgan fingerprint density at radius 3 is 2.67 bits per heavy atom. The second kappa shape index (κ2) is 3.28. The van der Waals surface area contributed by atoms with E-state index in [1.54, 1.807) is 0 Å². The molecule has 3 aliphatic rings. The van der Waals surface area contributed by atoms with Gasteiger partial charge in [0.25, 0.3) is 5.91 Å². The van der Waals surface area contributed by atoms with Crippen LogP contribution >= 0.6 is 0 Å². The van der Waals surface area contributed by atoms with Gasteiger partial charge in [-0.25, -0.2) is 12.7 Å². The molecule has 102 valence electrons. The van der Waals surface area contributed by atoms with E-state index >= 15 is 0 Å². The summed E-state index contributed by atoms with van der Waals surface area (Å²) in [4.78, 5) is 11.9. The van der Waals surface area contributed by atoms with Crippen LogP contribution in [-0.4, -0.2) is 37.0 Å². The van der Waals surface area contributed by atoms with Gasteiger partial charge in [-0.2, -0.15) is 0 Å². The molecule has 1 aliphatic heterocycles. The van der Waals surface area contributed by atoms with E-state index < -0.39 is 10.0 Å². The first kappa shape index (κ1) is 12.4. The number of rotatable bonds is 1. The predicted molar refractivity (Wildman–Crippen MR) is 65.7 cm³/mol. The number of hydrogen-bond donors (Lipinski definition) is 1. The maximum absolute atomic E-state index is 12.3. The van der Waals surface area contributed by atoms with Crippen molar-refractivity contribution >= 4 is 15.9 Å². The van der Waals surface area contributed by atoms with Crippen LogP contribution in [0, 0.1) is 16.7 Å². The number of carbonyl (C=O) groups is 1. The molecule has 3 atom stereocenters. The lowest BCUT2D eigenvalue weighted by Crippen LogP contribution is -2.59. The van der Waals surface area contributed by atoms with Gasteiger partial charge in [0.15, 0.2) is 6.54 Å². The predicted octanol–water partition coefficient (Wildman–Crippen LogP) is -0.405. The summed E-state index contributed by atoms with van der Waals surface area (Å²) in [7, 11) is -3.43. The van der Waals surface area contributed by atoms with E-state index in [9.17, 15) is 13.2 Å². The van der Waals surface area contributed by atoms with Gasteiger partial charge in [0.05, 0.1) is 11.8 Å². The molecular weight excluding hydrogens is 252 g/mol. The maximum atomic E-state index is 12.3. The number of amides is 1. The van der Waals surface area contributed by atoms with Crippen molar-refractivity contribution in [3.8, 4) is 0 Å². The van der Waals surface area contributed by atoms with Crippen LogP contribution in [0.2, 0.25) is 0 Å². The van der Waals surface area contributed by atoms with Gasteiger partial charge in [0.1, 0.15) is 0 Å². The Hall–Kier alpha value is -0.620. The molecule has 1 spiro atoms. The van der Waals surface area contributed by atoms with E-state index in [4.69, 9.17) is 0 Å². The van der Waals surface area contributed by atoms with E-state index in [1.165, 1.54) is 4.31 Å². The molecule has 2 saturated carbocycles. The lowest BCUT2D eigenvalue weighted by molar-refractivity contribution is -0.356. The van der Waals surface area contributed by atoms with Crippen LogP contribution in [0.4, 0.5) is 0 Å². The van der Waals surface area contributed by atoms with Crippen molar-refractivity contribution in [2.45, 2.75) is 39.2 Å². The first-order chi connectivity index (χ1) is 8.26. The Kier molecular flexibility index (Phi) is 2.26. The third-order valence-electron chi connectivity index (χ3n) is 5.87. The highest BCUT2D eigenvalue weighted by Crippen LogP contribution is 2.69. The quantitative estimate of drug-likeness (QED) is 0.705. The molecule has 3 fully saturated rings. The van der Waals surface area contributed by atoms with Crippen molar-refractivity contribution in [3.05, 3.63) is 0 Å². The molecule has 0 aromatic heterocycles. The zero-order valence-electron chi connectivity index (χ0n) is 11.0. The van der Waals surface area contributed by atoms with Gasteiger partial charge in [-0.15, -0.1) is 0 Å². The summed E-state index contributed by atoms with van der Waals surface area (Å²) in [5.74, 6) is 0.373. The zero-order valence-corrected chi connectivity index (χ0v) is 11.8. The van der Waals surface area contributed by atoms with E-state index in [0.29, 0.717) is 5.92 Å². The molecular formula is C12H21N2O3S+. The molecule has 1 heterocycles. The summed E-state index contributed by atoms with van der Waals surface area (Å²) >= 11 is 0. The van der Waals surface area contributed by atoms with E-state index in [1.807, 2.05) is 0 Å². The lowest BCUT2D eigenvalue weighted by atomic mass is 9.69. The minimum Gasteiger partial charge on any atom is -0.350 e. The lowest BCUT2D eigenvalue weighted by Gasteiger charge is -2.36. The van der Waals surface area contributed by atoms with Gasteiger partial charge in [-0.3, -0.25) is 4.79 Å². The summed E-state index contributed by atoms with van der Waals surface area (Å²) in [5.41, 5.74) is 3.37. The Morgan fingerprint density at radius 2 is 2.11 bits per heavy atom. The largest absolute Gasteiger partial charge is 0.350 e. The fraction of sp³-hybridized carbons (Fsp3) is 0.917. The molecule has 18 heavy (non-hydrogen) atoms. The van der Waals surface area contributed by atoms with Gasteiger partial charge in [-0.05, 0) is 30.6 Å². The standard InChI is InChI=1S/C12H20N2O3S/c1-11(2)8-3-4-12(11)7-18(16,17)14(9(12)5-8)10(15)6-13/h8-9H,3-7,13H2,1-2H3/p+1. The molecule has 3 rings (SSSR count). The van der Waals surface area contributed by atoms with Crippen LogP contribution < -0.4 is 5.73 Å². The molecule has 0 aromatic carbocycles. The van der Waals surface area contributed by atoms with Crippen molar-refractivity contribution in [2.75, 3.05) is 12.3 Å². The molecule has 1 amide bonds. The first-order valence-electron chi connectivity index (χ1n) is 6.60. The number of quaternary nitrogens is 1. The van der Waals surface area contributed by atoms with Crippen LogP contribution in [0.3, 0.4) is 0 Å². The van der Waals surface area contributed by atoms with Crippen molar-refractivity contribution in [1.82, 2.24) is 4.31 Å². The summed E-state index contributed by atoms with van der Waals surface area (Å²) in [6, 6.07) is -0.106. The normalized spacial score (nSPS) is 43.2. The number of fused-ring (bicyclic) bond motifs is 1. The average Bonchev–Trinajstić information content (AvgIpc) is 2.74. The average molecular weight is 273 g/mol. The van der Waals surface area contributed by atoms with Crippen molar-refractivity contribution in [3.63, 3.8) is 0 Å². The summed E-state index contributed by atoms with van der Waals surface area (Å²) in [6.45, 7) is 4.38. The molecule has 0 aromatic rings. The number of sulfonamides is 1. The minimum absolute atomic E-state index is 0.0247. The van der Waals surface area contributed by atoms with Crippen LogP contribution in [0.25, 0.3) is 0 Å². The summed E-state index contributed by atoms with van der Waals surface area (Å²) in [5, 5.41) is 0. The van der Waals surface area contributed by atoms with E-state index in [0.717, 1.165) is 19.3 Å². The maximum Gasteiger partial charge on any atom is 0.291 e. The molecule has 2 aliphatic carbocycles. The number of nitrogens with zero attached hydrogens (tertiary/aromatic N) is 1. The summed E-state index contributed by atoms with van der Waals surface area (Å²) in [6.07, 6.45) is 2.89. The van der Waals surface area contributed by atoms with Crippen molar-refractivity contribution in [2.24, 2.45) is 16.7 Å². The fourth-order valence-corrected chi connectivity index (χ4v) is 7.30. The zero-order chi connectivity index (χ0) is 13.3. The Morgan fingerprint density at radius 1 is 1.44 bits per heavy atom. The Balaban J connectivity index is 2.11. The molecule has 0 radical (unpaired) electrons. The van der Waals surface area contributed by atoms with Crippen LogP contribution in [0.5, 0.6) is 0 Å². The van der Waals surface area contributed by atoms with Crippen molar-refractivity contribution < 1.29 is 18.9 Å². The van der Waals surface area contributed by atoms with Crippen LogP contribution in [0.15, 0.2) is 0 Å². The summed E-state index contributed by atoms with van der Waals surface area (Å²) < 4.78 is 25.8. The molecule has 6 heteroatoms. The van der Waals surface area contributed by atoms with Crippen molar-refractivity contribution in [1.29, 1.82) is 0 Å². The van der Waals surface area contributed by atoms with Gasteiger partial charge in [0, 0.05) is 5.41 Å². The monoisotopic (exact) mass is 273 g/mol. The Bertz CT molecular complexity index is 513. The fourth-order valence-electron chi connectivity index (χ4n) is 4.73. The van der Waals surface area contributed by atoms with Gasteiger partial charge < -0.3 is 5.73 Å². The second-order valence-corrected chi connectivity index (χ2v) is 8.41.